The van der Waals surface area contributed by atoms with Gasteiger partial charge in [-0.2, -0.15) is 0 Å². The lowest BCUT2D eigenvalue weighted by molar-refractivity contribution is 0.0203. The Hall–Kier alpha value is -0.810. The summed E-state index contributed by atoms with van der Waals surface area (Å²) in [6.07, 6.45) is 10.8. The highest BCUT2D eigenvalue weighted by Crippen LogP contribution is 2.20. The molecule has 1 aliphatic carbocycles. The van der Waals surface area contributed by atoms with Crippen molar-refractivity contribution in [3.63, 3.8) is 0 Å². The van der Waals surface area contributed by atoms with Gasteiger partial charge in [-0.05, 0) is 32.2 Å². The monoisotopic (exact) mass is 309 g/mol. The minimum Gasteiger partial charge on any atom is -0.377 e. The molecule has 0 radical (unpaired) electrons. The van der Waals surface area contributed by atoms with Gasteiger partial charge in [0, 0.05) is 32.2 Å². The molecule has 1 atom stereocenters. The van der Waals surface area contributed by atoms with Gasteiger partial charge in [-0.25, -0.2) is 4.79 Å². The Kier molecular flexibility index (Phi) is 5.96. The van der Waals surface area contributed by atoms with Gasteiger partial charge in [0.25, 0.3) is 0 Å². The number of amides is 2. The molecule has 0 aromatic heterocycles. The highest BCUT2D eigenvalue weighted by Gasteiger charge is 2.31. The van der Waals surface area contributed by atoms with E-state index in [9.17, 15) is 4.79 Å². The molecule has 5 nitrogen and oxygen atoms in total. The Morgan fingerprint density at radius 1 is 1.05 bits per heavy atom. The predicted molar refractivity (Wildman–Crippen MR) is 87.0 cm³/mol. The lowest BCUT2D eigenvalue weighted by Crippen LogP contribution is -2.49. The maximum Gasteiger partial charge on any atom is 0.317 e. The van der Waals surface area contributed by atoms with Crippen LogP contribution in [0, 0.1) is 0 Å². The van der Waals surface area contributed by atoms with Crippen LogP contribution >= 0.6 is 0 Å². The minimum absolute atomic E-state index is 0.126. The highest BCUT2D eigenvalue weighted by atomic mass is 16.5. The first-order valence-corrected chi connectivity index (χ1v) is 9.21. The minimum atomic E-state index is 0.126. The molecule has 1 N–H and O–H groups in total. The van der Waals surface area contributed by atoms with Gasteiger partial charge < -0.3 is 15.0 Å². The zero-order valence-corrected chi connectivity index (χ0v) is 13.8. The lowest BCUT2D eigenvalue weighted by atomic mass is 10.0. The van der Waals surface area contributed by atoms with Crippen molar-refractivity contribution in [1.82, 2.24) is 15.1 Å². The fourth-order valence-corrected chi connectivity index (χ4v) is 4.08. The van der Waals surface area contributed by atoms with Crippen molar-refractivity contribution in [3.05, 3.63) is 0 Å². The van der Waals surface area contributed by atoms with Gasteiger partial charge in [-0.1, -0.05) is 25.7 Å². The summed E-state index contributed by atoms with van der Waals surface area (Å²) in [7, 11) is 0. The fraction of sp³-hybridized carbons (Fsp3) is 0.941. The first-order chi connectivity index (χ1) is 10.8. The molecule has 3 rings (SSSR count). The molecule has 0 bridgehead atoms. The van der Waals surface area contributed by atoms with Crippen LogP contribution in [0.15, 0.2) is 0 Å². The predicted octanol–water partition coefficient (Wildman–Crippen LogP) is 2.22. The van der Waals surface area contributed by atoms with Gasteiger partial charge >= 0.3 is 6.03 Å². The third-order valence-corrected chi connectivity index (χ3v) is 5.37. The molecule has 2 amide bonds. The molecule has 0 spiro atoms. The summed E-state index contributed by atoms with van der Waals surface area (Å²) in [4.78, 5) is 16.3. The van der Waals surface area contributed by atoms with Gasteiger partial charge in [-0.15, -0.1) is 0 Å². The van der Waals surface area contributed by atoms with Crippen molar-refractivity contribution >= 4 is 6.03 Å². The second-order valence-electron chi connectivity index (χ2n) is 7.01. The molecular formula is C17H31N3O2. The Morgan fingerprint density at radius 3 is 2.59 bits per heavy atom. The van der Waals surface area contributed by atoms with Crippen LogP contribution in [-0.4, -0.2) is 67.3 Å². The summed E-state index contributed by atoms with van der Waals surface area (Å²) in [6.45, 7) is 5.71. The quantitative estimate of drug-likeness (QED) is 0.792. The van der Waals surface area contributed by atoms with E-state index in [0.29, 0.717) is 12.1 Å². The van der Waals surface area contributed by atoms with E-state index in [1.807, 2.05) is 4.90 Å². The summed E-state index contributed by atoms with van der Waals surface area (Å²) >= 11 is 0. The van der Waals surface area contributed by atoms with E-state index in [4.69, 9.17) is 4.74 Å². The molecule has 3 fully saturated rings. The lowest BCUT2D eigenvalue weighted by Gasteiger charge is -2.37. The van der Waals surface area contributed by atoms with Crippen molar-refractivity contribution in [1.29, 1.82) is 0 Å². The molecule has 5 heteroatoms. The summed E-state index contributed by atoms with van der Waals surface area (Å²) in [5.41, 5.74) is 0. The second kappa shape index (κ2) is 8.16. The average molecular weight is 309 g/mol. The van der Waals surface area contributed by atoms with Gasteiger partial charge in [0.1, 0.15) is 0 Å². The molecule has 2 heterocycles. The Morgan fingerprint density at radius 2 is 1.86 bits per heavy atom. The van der Waals surface area contributed by atoms with E-state index in [1.54, 1.807) is 0 Å². The molecule has 2 aliphatic heterocycles. The first kappa shape index (κ1) is 16.1. The topological polar surface area (TPSA) is 44.8 Å². The zero-order chi connectivity index (χ0) is 15.2. The van der Waals surface area contributed by atoms with Crippen molar-refractivity contribution in [2.75, 3.05) is 39.3 Å². The number of nitrogens with one attached hydrogen (secondary N) is 1. The fourth-order valence-electron chi connectivity index (χ4n) is 4.08. The van der Waals surface area contributed by atoms with Crippen LogP contribution in [0.2, 0.25) is 0 Å². The number of rotatable bonds is 5. The summed E-state index contributed by atoms with van der Waals surface area (Å²) in [6, 6.07) is 0.524. The van der Waals surface area contributed by atoms with E-state index in [1.165, 1.54) is 44.9 Å². The number of piperidine rings is 1. The van der Waals surface area contributed by atoms with Crippen LogP contribution in [0.25, 0.3) is 0 Å². The molecule has 0 aromatic carbocycles. The van der Waals surface area contributed by atoms with Gasteiger partial charge in [0.2, 0.25) is 0 Å². The van der Waals surface area contributed by atoms with E-state index >= 15 is 0 Å². The maximum absolute atomic E-state index is 11.8. The largest absolute Gasteiger partial charge is 0.377 e. The number of hydrogen-bond donors (Lipinski definition) is 1. The molecule has 1 unspecified atom stereocenters. The Bertz CT molecular complexity index is 356. The Labute approximate surface area is 134 Å². The average Bonchev–Trinajstić information content (AvgIpc) is 2.80. The molecule has 2 saturated heterocycles. The third-order valence-electron chi connectivity index (χ3n) is 5.37. The first-order valence-electron chi connectivity index (χ1n) is 9.21. The van der Waals surface area contributed by atoms with Crippen molar-refractivity contribution in [3.8, 4) is 0 Å². The number of nitrogens with zero attached hydrogens (tertiary/aromatic N) is 2. The number of hydrogen-bond acceptors (Lipinski definition) is 3. The molecule has 3 aliphatic rings. The standard InChI is InChI=1S/C17H31N3O2/c21-17-18-9-11-20(17)15-6-5-10-19(14-15)12-13-22-16-7-3-1-2-4-8-16/h15-16H,1-14H2,(H,18,21). The number of likely N-dealkylation sites (tertiary alicyclic amines) is 1. The molecule has 126 valence electrons. The van der Waals surface area contributed by atoms with E-state index < -0.39 is 0 Å². The van der Waals surface area contributed by atoms with Crippen LogP contribution in [0.4, 0.5) is 4.79 Å². The van der Waals surface area contributed by atoms with E-state index in [0.717, 1.165) is 45.8 Å². The van der Waals surface area contributed by atoms with Crippen LogP contribution in [0.3, 0.4) is 0 Å². The maximum atomic E-state index is 11.8. The molecule has 22 heavy (non-hydrogen) atoms. The zero-order valence-electron chi connectivity index (χ0n) is 13.8. The van der Waals surface area contributed by atoms with Gasteiger partial charge in [-0.3, -0.25) is 4.90 Å². The SMILES string of the molecule is O=C1NCCN1C1CCCN(CCOC2CCCCCC2)C1. The highest BCUT2D eigenvalue weighted by molar-refractivity contribution is 5.76. The second-order valence-corrected chi connectivity index (χ2v) is 7.01. The van der Waals surface area contributed by atoms with Crippen molar-refractivity contribution < 1.29 is 9.53 Å². The number of urea groups is 1. The van der Waals surface area contributed by atoms with E-state index in [-0.39, 0.29) is 6.03 Å². The van der Waals surface area contributed by atoms with Crippen LogP contribution in [-0.2, 0) is 4.74 Å². The number of ether oxygens (including phenoxy) is 1. The van der Waals surface area contributed by atoms with E-state index in [2.05, 4.69) is 10.2 Å². The summed E-state index contributed by atoms with van der Waals surface area (Å²) < 4.78 is 6.11. The van der Waals surface area contributed by atoms with Crippen molar-refractivity contribution in [2.24, 2.45) is 0 Å². The van der Waals surface area contributed by atoms with Gasteiger partial charge in [0.15, 0.2) is 0 Å². The number of carbonyl (C=O) groups excluding carboxylic acids is 1. The Balaban J connectivity index is 1.38. The third kappa shape index (κ3) is 4.35. The van der Waals surface area contributed by atoms with Crippen LogP contribution < -0.4 is 5.32 Å². The summed E-state index contributed by atoms with van der Waals surface area (Å²) in [5.74, 6) is 0. The normalized spacial score (nSPS) is 28.6. The molecule has 1 saturated carbocycles. The van der Waals surface area contributed by atoms with Gasteiger partial charge in [0.05, 0.1) is 12.7 Å². The summed E-state index contributed by atoms with van der Waals surface area (Å²) in [5, 5.41) is 2.92. The molecular weight excluding hydrogens is 278 g/mol. The smallest absolute Gasteiger partial charge is 0.317 e. The van der Waals surface area contributed by atoms with Crippen molar-refractivity contribution in [2.45, 2.75) is 63.5 Å². The van der Waals surface area contributed by atoms with Crippen LogP contribution in [0.5, 0.6) is 0 Å². The number of carbonyl (C=O) groups is 1. The van der Waals surface area contributed by atoms with Crippen LogP contribution in [0.1, 0.15) is 51.4 Å². The molecule has 0 aromatic rings.